The summed E-state index contributed by atoms with van der Waals surface area (Å²) in [6.45, 7) is 9.73. The molecule has 0 aromatic carbocycles. The molecule has 0 aromatic heterocycles. The summed E-state index contributed by atoms with van der Waals surface area (Å²) < 4.78 is 5.44. The van der Waals surface area contributed by atoms with Gasteiger partial charge >= 0.3 is 6.03 Å². The molecule has 3 fully saturated rings. The highest BCUT2D eigenvalue weighted by molar-refractivity contribution is 5.81. The topological polar surface area (TPSA) is 65.1 Å². The van der Waals surface area contributed by atoms with Crippen LogP contribution in [0.1, 0.15) is 33.1 Å². The summed E-state index contributed by atoms with van der Waals surface area (Å²) in [7, 11) is 0. The van der Waals surface area contributed by atoms with Crippen molar-refractivity contribution in [3.63, 3.8) is 0 Å². The van der Waals surface area contributed by atoms with Crippen LogP contribution in [0, 0.1) is 0 Å². The maximum atomic E-state index is 12.6. The third-order valence-corrected chi connectivity index (χ3v) is 5.55. The molecule has 1 unspecified atom stereocenters. The Morgan fingerprint density at radius 2 is 2.00 bits per heavy atom. The predicted molar refractivity (Wildman–Crippen MR) is 90.8 cm³/mol. The number of rotatable bonds is 3. The third kappa shape index (κ3) is 3.83. The number of carbonyl (C=O) groups excluding carboxylic acids is 2. The largest absolute Gasteiger partial charge is 0.381 e. The Morgan fingerprint density at radius 3 is 2.62 bits per heavy atom. The monoisotopic (exact) mass is 338 g/mol. The van der Waals surface area contributed by atoms with Crippen LogP contribution in [-0.4, -0.2) is 90.7 Å². The molecular formula is C17H30N4O3. The molecule has 0 spiro atoms. The quantitative estimate of drug-likeness (QED) is 0.814. The van der Waals surface area contributed by atoms with E-state index in [-0.39, 0.29) is 24.0 Å². The number of likely N-dealkylation sites (tertiary alicyclic amines) is 1. The maximum Gasteiger partial charge on any atom is 0.318 e. The van der Waals surface area contributed by atoms with Crippen LogP contribution in [-0.2, 0) is 9.53 Å². The molecule has 3 aliphatic heterocycles. The van der Waals surface area contributed by atoms with Gasteiger partial charge in [0.15, 0.2) is 0 Å². The van der Waals surface area contributed by atoms with Gasteiger partial charge in [-0.15, -0.1) is 0 Å². The Hall–Kier alpha value is -1.34. The molecule has 0 aromatic rings. The normalized spacial score (nSPS) is 30.0. The van der Waals surface area contributed by atoms with E-state index in [0.717, 1.165) is 45.7 Å². The minimum Gasteiger partial charge on any atom is -0.381 e. The van der Waals surface area contributed by atoms with Crippen LogP contribution in [0.25, 0.3) is 0 Å². The van der Waals surface area contributed by atoms with E-state index in [1.165, 1.54) is 0 Å². The number of nitrogens with one attached hydrogen (secondary N) is 1. The fraction of sp³-hybridized carbons (Fsp3) is 0.882. The Kier molecular flexibility index (Phi) is 5.61. The highest BCUT2D eigenvalue weighted by atomic mass is 16.5. The first-order valence-electron chi connectivity index (χ1n) is 9.25. The van der Waals surface area contributed by atoms with E-state index in [9.17, 15) is 9.59 Å². The van der Waals surface area contributed by atoms with E-state index in [4.69, 9.17) is 4.74 Å². The average Bonchev–Trinajstić information content (AvgIpc) is 2.94. The summed E-state index contributed by atoms with van der Waals surface area (Å²) in [4.78, 5) is 30.6. The van der Waals surface area contributed by atoms with E-state index >= 15 is 0 Å². The smallest absolute Gasteiger partial charge is 0.318 e. The van der Waals surface area contributed by atoms with E-state index in [1.54, 1.807) is 4.90 Å². The van der Waals surface area contributed by atoms with Gasteiger partial charge in [0.05, 0.1) is 6.04 Å². The van der Waals surface area contributed by atoms with E-state index in [1.807, 2.05) is 11.8 Å². The van der Waals surface area contributed by atoms with Gasteiger partial charge in [0.25, 0.3) is 0 Å². The molecular weight excluding hydrogens is 308 g/mol. The lowest BCUT2D eigenvalue weighted by Gasteiger charge is -2.44. The lowest BCUT2D eigenvalue weighted by molar-refractivity contribution is -0.127. The number of nitrogens with zero attached hydrogens (tertiary/aromatic N) is 3. The van der Waals surface area contributed by atoms with Gasteiger partial charge in [0.1, 0.15) is 0 Å². The van der Waals surface area contributed by atoms with Gasteiger partial charge in [-0.2, -0.15) is 0 Å². The summed E-state index contributed by atoms with van der Waals surface area (Å²) in [5.41, 5.74) is 0. The predicted octanol–water partition coefficient (Wildman–Crippen LogP) is 0.502. The van der Waals surface area contributed by atoms with E-state index in [2.05, 4.69) is 17.1 Å². The minimum absolute atomic E-state index is 0.0233. The van der Waals surface area contributed by atoms with Gasteiger partial charge in [-0.1, -0.05) is 0 Å². The molecule has 3 saturated heterocycles. The van der Waals surface area contributed by atoms with Crippen LogP contribution in [0.2, 0.25) is 0 Å². The fourth-order valence-corrected chi connectivity index (χ4v) is 4.10. The molecule has 0 aliphatic carbocycles. The van der Waals surface area contributed by atoms with E-state index in [0.29, 0.717) is 25.6 Å². The first-order chi connectivity index (χ1) is 11.6. The molecule has 0 saturated carbocycles. The molecule has 24 heavy (non-hydrogen) atoms. The summed E-state index contributed by atoms with van der Waals surface area (Å²) in [5, 5.41) is 3.05. The molecule has 3 heterocycles. The van der Waals surface area contributed by atoms with Crippen molar-refractivity contribution >= 4 is 11.9 Å². The van der Waals surface area contributed by atoms with Crippen LogP contribution < -0.4 is 5.32 Å². The van der Waals surface area contributed by atoms with Crippen LogP contribution in [0.4, 0.5) is 4.79 Å². The van der Waals surface area contributed by atoms with Gasteiger partial charge in [-0.25, -0.2) is 4.79 Å². The lowest BCUT2D eigenvalue weighted by Crippen LogP contribution is -2.60. The van der Waals surface area contributed by atoms with Gasteiger partial charge in [0, 0.05) is 64.4 Å². The summed E-state index contributed by atoms with van der Waals surface area (Å²) in [6, 6.07) is 0.716. The molecule has 7 nitrogen and oxygen atoms in total. The van der Waals surface area contributed by atoms with Crippen molar-refractivity contribution in [3.8, 4) is 0 Å². The van der Waals surface area contributed by atoms with Crippen LogP contribution in [0.3, 0.4) is 0 Å². The first kappa shape index (κ1) is 17.5. The number of piperazine rings is 1. The van der Waals surface area contributed by atoms with Gasteiger partial charge < -0.3 is 19.9 Å². The maximum absolute atomic E-state index is 12.6. The van der Waals surface area contributed by atoms with Crippen molar-refractivity contribution in [1.82, 2.24) is 20.0 Å². The minimum atomic E-state index is -0.0503. The fourth-order valence-electron chi connectivity index (χ4n) is 4.10. The average molecular weight is 338 g/mol. The summed E-state index contributed by atoms with van der Waals surface area (Å²) in [5.74, 6) is 0.139. The zero-order chi connectivity index (χ0) is 17.1. The second kappa shape index (κ2) is 7.70. The Balaban J connectivity index is 1.49. The highest BCUT2D eigenvalue weighted by Crippen LogP contribution is 2.20. The number of ether oxygens (including phenoxy) is 1. The second-order valence-corrected chi connectivity index (χ2v) is 7.16. The molecule has 136 valence electrons. The molecule has 0 bridgehead atoms. The van der Waals surface area contributed by atoms with Crippen LogP contribution >= 0.6 is 0 Å². The van der Waals surface area contributed by atoms with Crippen LogP contribution in [0.5, 0.6) is 0 Å². The second-order valence-electron chi connectivity index (χ2n) is 7.16. The van der Waals surface area contributed by atoms with Crippen molar-refractivity contribution in [1.29, 1.82) is 0 Å². The molecule has 0 radical (unpaired) electrons. The Morgan fingerprint density at radius 1 is 1.25 bits per heavy atom. The van der Waals surface area contributed by atoms with Crippen molar-refractivity contribution < 1.29 is 14.3 Å². The van der Waals surface area contributed by atoms with Gasteiger partial charge in [-0.3, -0.25) is 9.69 Å². The molecule has 3 aliphatic rings. The number of hydrogen-bond acceptors (Lipinski definition) is 4. The zero-order valence-corrected chi connectivity index (χ0v) is 14.9. The van der Waals surface area contributed by atoms with Crippen molar-refractivity contribution in [2.45, 2.75) is 51.2 Å². The third-order valence-electron chi connectivity index (χ3n) is 5.55. The van der Waals surface area contributed by atoms with Gasteiger partial charge in [0.2, 0.25) is 5.91 Å². The SMILES string of the molecule is CCN1CC(NC(=O)N2CCN(C3CCOCC3)C[C@@H]2C)CC1=O. The van der Waals surface area contributed by atoms with Crippen molar-refractivity contribution in [2.75, 3.05) is 45.9 Å². The van der Waals surface area contributed by atoms with Crippen molar-refractivity contribution in [3.05, 3.63) is 0 Å². The molecule has 1 N–H and O–H groups in total. The lowest BCUT2D eigenvalue weighted by atomic mass is 10.0. The Bertz CT molecular complexity index is 467. The molecule has 3 rings (SSSR count). The molecule has 7 heteroatoms. The van der Waals surface area contributed by atoms with Gasteiger partial charge in [-0.05, 0) is 26.7 Å². The summed E-state index contributed by atoms with van der Waals surface area (Å²) in [6.07, 6.45) is 2.61. The molecule has 2 atom stereocenters. The zero-order valence-electron chi connectivity index (χ0n) is 14.9. The van der Waals surface area contributed by atoms with Crippen LogP contribution in [0.15, 0.2) is 0 Å². The number of carbonyl (C=O) groups is 2. The Labute approximate surface area is 144 Å². The number of likely N-dealkylation sites (N-methyl/N-ethyl adjacent to an activating group) is 1. The number of urea groups is 1. The van der Waals surface area contributed by atoms with E-state index < -0.39 is 0 Å². The number of hydrogen-bond donors (Lipinski definition) is 1. The first-order valence-corrected chi connectivity index (χ1v) is 9.25. The highest BCUT2D eigenvalue weighted by Gasteiger charge is 2.34. The van der Waals surface area contributed by atoms with Crippen molar-refractivity contribution in [2.24, 2.45) is 0 Å². The molecule has 3 amide bonds. The summed E-state index contributed by atoms with van der Waals surface area (Å²) >= 11 is 0. The standard InChI is InChI=1S/C17H30N4O3/c1-3-19-12-14(10-16(19)22)18-17(23)21-7-6-20(11-13(21)2)15-4-8-24-9-5-15/h13-15H,3-12H2,1-2H3,(H,18,23)/t13-,14?/m0/s1. The number of amides is 3.